The van der Waals surface area contributed by atoms with Crippen LogP contribution in [0.3, 0.4) is 0 Å². The maximum absolute atomic E-state index is 12.6. The number of hydrogen-bond acceptors (Lipinski definition) is 5. The van der Waals surface area contributed by atoms with Crippen molar-refractivity contribution in [2.24, 2.45) is 0 Å². The van der Waals surface area contributed by atoms with Crippen LogP contribution in [0.1, 0.15) is 29.9 Å². The molecular formula is C14H18N4O2. The van der Waals surface area contributed by atoms with Crippen LogP contribution in [0.2, 0.25) is 0 Å². The van der Waals surface area contributed by atoms with E-state index in [4.69, 9.17) is 4.52 Å². The predicted octanol–water partition coefficient (Wildman–Crippen LogP) is 1.22. The molecule has 1 fully saturated rings. The molecule has 3 heterocycles. The summed E-state index contributed by atoms with van der Waals surface area (Å²) in [5, 5.41) is 8.08. The van der Waals surface area contributed by atoms with Crippen molar-refractivity contribution in [3.8, 4) is 0 Å². The van der Waals surface area contributed by atoms with Crippen LogP contribution in [-0.4, -0.2) is 46.6 Å². The first kappa shape index (κ1) is 13.1. The molecule has 106 valence electrons. The van der Waals surface area contributed by atoms with Crippen LogP contribution in [0.5, 0.6) is 0 Å². The molecule has 0 radical (unpaired) electrons. The summed E-state index contributed by atoms with van der Waals surface area (Å²) in [6.07, 6.45) is 2.33. The van der Waals surface area contributed by atoms with Gasteiger partial charge in [0.25, 0.3) is 11.6 Å². The second-order valence-corrected chi connectivity index (χ2v) is 5.11. The van der Waals surface area contributed by atoms with Crippen molar-refractivity contribution in [3.63, 3.8) is 0 Å². The Bertz CT molecular complexity index is 637. The maximum Gasteiger partial charge on any atom is 0.257 e. The summed E-state index contributed by atoms with van der Waals surface area (Å²) in [5.41, 5.74) is 1.94. The van der Waals surface area contributed by atoms with E-state index in [1.165, 1.54) is 0 Å². The standard InChI is InChI=1S/C14H18N4O2/c1-3-12-11-6-10(8-16-13(11)20-17-12)14(19)18-5-4-15-7-9(18)2/h6,8-9,15H,3-5,7H2,1-2H3/t9-/m0/s1. The van der Waals surface area contributed by atoms with Gasteiger partial charge in [0, 0.05) is 31.9 Å². The molecule has 1 atom stereocenters. The van der Waals surface area contributed by atoms with E-state index >= 15 is 0 Å². The lowest BCUT2D eigenvalue weighted by atomic mass is 10.1. The van der Waals surface area contributed by atoms with Crippen molar-refractivity contribution in [3.05, 3.63) is 23.5 Å². The molecule has 0 unspecified atom stereocenters. The molecule has 0 aromatic carbocycles. The molecule has 0 bridgehead atoms. The normalized spacial score (nSPS) is 19.5. The number of aryl methyl sites for hydroxylation is 1. The first-order chi connectivity index (χ1) is 9.70. The fraction of sp³-hybridized carbons (Fsp3) is 0.500. The minimum absolute atomic E-state index is 0.0247. The number of carbonyl (C=O) groups excluding carboxylic acids is 1. The van der Waals surface area contributed by atoms with E-state index in [0.29, 0.717) is 11.3 Å². The zero-order valence-corrected chi connectivity index (χ0v) is 11.7. The van der Waals surface area contributed by atoms with Crippen LogP contribution in [-0.2, 0) is 6.42 Å². The van der Waals surface area contributed by atoms with Crippen molar-refractivity contribution in [2.75, 3.05) is 19.6 Å². The van der Waals surface area contributed by atoms with Crippen molar-refractivity contribution in [1.29, 1.82) is 0 Å². The Hall–Kier alpha value is -1.95. The van der Waals surface area contributed by atoms with Crippen molar-refractivity contribution in [1.82, 2.24) is 20.4 Å². The number of carbonyl (C=O) groups is 1. The minimum atomic E-state index is 0.0247. The minimum Gasteiger partial charge on any atom is -0.336 e. The third kappa shape index (κ3) is 2.16. The molecule has 1 saturated heterocycles. The number of pyridine rings is 1. The Kier molecular flexibility index (Phi) is 3.40. The van der Waals surface area contributed by atoms with Gasteiger partial charge in [-0.1, -0.05) is 12.1 Å². The highest BCUT2D eigenvalue weighted by molar-refractivity contribution is 5.97. The number of nitrogens with zero attached hydrogens (tertiary/aromatic N) is 3. The zero-order chi connectivity index (χ0) is 14.1. The maximum atomic E-state index is 12.6. The van der Waals surface area contributed by atoms with Gasteiger partial charge in [0.05, 0.1) is 16.6 Å². The van der Waals surface area contributed by atoms with Gasteiger partial charge in [-0.15, -0.1) is 0 Å². The molecule has 0 spiro atoms. The smallest absolute Gasteiger partial charge is 0.257 e. The second-order valence-electron chi connectivity index (χ2n) is 5.11. The van der Waals surface area contributed by atoms with Gasteiger partial charge < -0.3 is 14.7 Å². The molecule has 1 aliphatic heterocycles. The van der Waals surface area contributed by atoms with Gasteiger partial charge in [-0.3, -0.25) is 4.79 Å². The third-order valence-electron chi connectivity index (χ3n) is 3.75. The SMILES string of the molecule is CCc1noc2ncc(C(=O)N3CCNC[C@@H]3C)cc12. The van der Waals surface area contributed by atoms with Gasteiger partial charge in [-0.2, -0.15) is 0 Å². The van der Waals surface area contributed by atoms with Gasteiger partial charge >= 0.3 is 0 Å². The van der Waals surface area contributed by atoms with Gasteiger partial charge in [0.1, 0.15) is 0 Å². The highest BCUT2D eigenvalue weighted by Crippen LogP contribution is 2.19. The lowest BCUT2D eigenvalue weighted by Gasteiger charge is -2.33. The summed E-state index contributed by atoms with van der Waals surface area (Å²) in [5.74, 6) is 0.0247. The molecule has 0 saturated carbocycles. The first-order valence-corrected chi connectivity index (χ1v) is 6.96. The van der Waals surface area contributed by atoms with E-state index in [-0.39, 0.29) is 11.9 Å². The largest absolute Gasteiger partial charge is 0.336 e. The molecule has 3 rings (SSSR count). The van der Waals surface area contributed by atoms with Crippen molar-refractivity contribution >= 4 is 17.0 Å². The molecule has 1 amide bonds. The van der Waals surface area contributed by atoms with Crippen LogP contribution < -0.4 is 5.32 Å². The predicted molar refractivity (Wildman–Crippen MR) is 74.6 cm³/mol. The fourth-order valence-corrected chi connectivity index (χ4v) is 2.56. The molecule has 2 aromatic rings. The van der Waals surface area contributed by atoms with E-state index in [1.807, 2.05) is 24.8 Å². The van der Waals surface area contributed by atoms with Crippen LogP contribution in [0.4, 0.5) is 0 Å². The number of rotatable bonds is 2. The Morgan fingerprint density at radius 3 is 3.20 bits per heavy atom. The summed E-state index contributed by atoms with van der Waals surface area (Å²) >= 11 is 0. The highest BCUT2D eigenvalue weighted by atomic mass is 16.5. The summed E-state index contributed by atoms with van der Waals surface area (Å²) < 4.78 is 5.15. The average Bonchev–Trinajstić information content (AvgIpc) is 2.89. The molecular weight excluding hydrogens is 256 g/mol. The topological polar surface area (TPSA) is 71.3 Å². The lowest BCUT2D eigenvalue weighted by molar-refractivity contribution is 0.0655. The van der Waals surface area contributed by atoms with E-state index in [9.17, 15) is 4.79 Å². The number of amides is 1. The van der Waals surface area contributed by atoms with E-state index in [2.05, 4.69) is 15.5 Å². The highest BCUT2D eigenvalue weighted by Gasteiger charge is 2.25. The van der Waals surface area contributed by atoms with Gasteiger partial charge in [-0.05, 0) is 19.4 Å². The molecule has 0 aliphatic carbocycles. The first-order valence-electron chi connectivity index (χ1n) is 6.96. The summed E-state index contributed by atoms with van der Waals surface area (Å²) in [7, 11) is 0. The molecule has 6 heteroatoms. The fourth-order valence-electron chi connectivity index (χ4n) is 2.56. The third-order valence-corrected chi connectivity index (χ3v) is 3.75. The number of fused-ring (bicyclic) bond motifs is 1. The van der Waals surface area contributed by atoms with Crippen LogP contribution in [0, 0.1) is 0 Å². The number of aromatic nitrogens is 2. The molecule has 1 N–H and O–H groups in total. The van der Waals surface area contributed by atoms with Crippen molar-refractivity contribution in [2.45, 2.75) is 26.3 Å². The van der Waals surface area contributed by atoms with Gasteiger partial charge in [-0.25, -0.2) is 4.98 Å². The molecule has 6 nitrogen and oxygen atoms in total. The monoisotopic (exact) mass is 274 g/mol. The van der Waals surface area contributed by atoms with Crippen LogP contribution >= 0.6 is 0 Å². The van der Waals surface area contributed by atoms with E-state index in [0.717, 1.165) is 37.1 Å². The number of piperazine rings is 1. The molecule has 20 heavy (non-hydrogen) atoms. The van der Waals surface area contributed by atoms with Crippen LogP contribution in [0.15, 0.2) is 16.8 Å². The summed E-state index contributed by atoms with van der Waals surface area (Å²) in [6.45, 7) is 6.44. The average molecular weight is 274 g/mol. The summed E-state index contributed by atoms with van der Waals surface area (Å²) in [4.78, 5) is 18.7. The number of nitrogens with one attached hydrogen (secondary N) is 1. The number of hydrogen-bond donors (Lipinski definition) is 1. The Morgan fingerprint density at radius 2 is 2.45 bits per heavy atom. The van der Waals surface area contributed by atoms with E-state index < -0.39 is 0 Å². The lowest BCUT2D eigenvalue weighted by Crippen LogP contribution is -2.52. The molecule has 2 aromatic heterocycles. The second kappa shape index (κ2) is 5.20. The van der Waals surface area contributed by atoms with Gasteiger partial charge in [0.2, 0.25) is 0 Å². The zero-order valence-electron chi connectivity index (χ0n) is 11.7. The summed E-state index contributed by atoms with van der Waals surface area (Å²) in [6, 6.07) is 2.04. The Morgan fingerprint density at radius 1 is 1.60 bits per heavy atom. The van der Waals surface area contributed by atoms with Gasteiger partial charge in [0.15, 0.2) is 0 Å². The molecule has 1 aliphatic rings. The van der Waals surface area contributed by atoms with Crippen LogP contribution in [0.25, 0.3) is 11.1 Å². The Balaban J connectivity index is 1.94. The van der Waals surface area contributed by atoms with E-state index in [1.54, 1.807) is 6.20 Å². The van der Waals surface area contributed by atoms with Crippen molar-refractivity contribution < 1.29 is 9.32 Å². The quantitative estimate of drug-likeness (QED) is 0.891. The Labute approximate surface area is 117 Å².